The molecular formula is C28H28N6O. The second-order valence-electron chi connectivity index (χ2n) is 8.69. The maximum Gasteiger partial charge on any atom is 0.244 e. The van der Waals surface area contributed by atoms with E-state index in [-0.39, 0.29) is 12.5 Å². The standard InChI is InChI=1S/C28H28N6O/c1-19-13-15-23(16-14-19)34-21(3)27(20(2)32-34)31-26(35)18-33-25-12-8-7-11-24(25)30-28(33)29-17-22-9-5-4-6-10-22/h4-16H,17-18H2,1-3H3,(H,29,30)(H,31,35). The Hall–Kier alpha value is -4.39. The van der Waals surface area contributed by atoms with E-state index >= 15 is 0 Å². The lowest BCUT2D eigenvalue weighted by Crippen LogP contribution is -2.21. The summed E-state index contributed by atoms with van der Waals surface area (Å²) in [7, 11) is 0. The van der Waals surface area contributed by atoms with Crippen LogP contribution >= 0.6 is 0 Å². The van der Waals surface area contributed by atoms with Crippen LogP contribution in [-0.2, 0) is 17.9 Å². The third-order valence-corrected chi connectivity index (χ3v) is 6.08. The topological polar surface area (TPSA) is 76.8 Å². The van der Waals surface area contributed by atoms with Gasteiger partial charge in [0.1, 0.15) is 6.54 Å². The van der Waals surface area contributed by atoms with Gasteiger partial charge in [-0.05, 0) is 50.6 Å². The van der Waals surface area contributed by atoms with Crippen LogP contribution < -0.4 is 10.6 Å². The van der Waals surface area contributed by atoms with E-state index in [2.05, 4.69) is 46.9 Å². The molecule has 0 unspecified atom stereocenters. The highest BCUT2D eigenvalue weighted by Crippen LogP contribution is 2.24. The molecule has 5 rings (SSSR count). The summed E-state index contributed by atoms with van der Waals surface area (Å²) in [5, 5.41) is 11.1. The van der Waals surface area contributed by atoms with Crippen molar-refractivity contribution in [2.24, 2.45) is 0 Å². The van der Waals surface area contributed by atoms with Crippen molar-refractivity contribution in [1.82, 2.24) is 19.3 Å². The van der Waals surface area contributed by atoms with E-state index in [1.165, 1.54) is 5.56 Å². The molecule has 0 bridgehead atoms. The molecule has 0 aliphatic carbocycles. The summed E-state index contributed by atoms with van der Waals surface area (Å²) in [6, 6.07) is 26.1. The predicted octanol–water partition coefficient (Wildman–Crippen LogP) is 5.40. The summed E-state index contributed by atoms with van der Waals surface area (Å²) in [4.78, 5) is 17.9. The Labute approximate surface area is 204 Å². The summed E-state index contributed by atoms with van der Waals surface area (Å²) >= 11 is 0. The normalized spacial score (nSPS) is 11.1. The van der Waals surface area contributed by atoms with Crippen LogP contribution in [0.5, 0.6) is 0 Å². The first-order valence-corrected chi connectivity index (χ1v) is 11.7. The van der Waals surface area contributed by atoms with Gasteiger partial charge in [-0.15, -0.1) is 0 Å². The molecule has 7 heteroatoms. The number of hydrogen-bond donors (Lipinski definition) is 2. The summed E-state index contributed by atoms with van der Waals surface area (Å²) in [5.41, 5.74) is 7.44. The van der Waals surface area contributed by atoms with Crippen LogP contribution in [0.3, 0.4) is 0 Å². The van der Waals surface area contributed by atoms with E-state index in [4.69, 9.17) is 4.98 Å². The van der Waals surface area contributed by atoms with Crippen LogP contribution in [0.25, 0.3) is 16.7 Å². The largest absolute Gasteiger partial charge is 0.352 e. The Balaban J connectivity index is 1.39. The van der Waals surface area contributed by atoms with Gasteiger partial charge in [-0.3, -0.25) is 4.79 Å². The average Bonchev–Trinajstić information content (AvgIpc) is 3.36. The molecule has 0 aliphatic heterocycles. The van der Waals surface area contributed by atoms with Gasteiger partial charge in [-0.25, -0.2) is 9.67 Å². The summed E-state index contributed by atoms with van der Waals surface area (Å²) in [5.74, 6) is 0.527. The number of imidazole rings is 1. The molecule has 5 aromatic rings. The second-order valence-corrected chi connectivity index (χ2v) is 8.69. The molecule has 0 atom stereocenters. The number of amides is 1. The van der Waals surface area contributed by atoms with E-state index in [0.717, 1.165) is 39.4 Å². The minimum absolute atomic E-state index is 0.131. The molecule has 0 saturated carbocycles. The van der Waals surface area contributed by atoms with Crippen molar-refractivity contribution in [3.63, 3.8) is 0 Å². The van der Waals surface area contributed by atoms with Crippen LogP contribution in [-0.4, -0.2) is 25.2 Å². The fraction of sp³-hybridized carbons (Fsp3) is 0.179. The van der Waals surface area contributed by atoms with E-state index in [1.807, 2.05) is 77.7 Å². The number of benzene rings is 3. The molecule has 35 heavy (non-hydrogen) atoms. The van der Waals surface area contributed by atoms with Gasteiger partial charge in [-0.1, -0.05) is 60.2 Å². The Bertz CT molecular complexity index is 1480. The van der Waals surface area contributed by atoms with E-state index in [0.29, 0.717) is 12.5 Å². The number of nitrogens with zero attached hydrogens (tertiary/aromatic N) is 4. The number of hydrogen-bond acceptors (Lipinski definition) is 4. The maximum absolute atomic E-state index is 13.2. The minimum Gasteiger partial charge on any atom is -0.352 e. The third-order valence-electron chi connectivity index (χ3n) is 6.08. The van der Waals surface area contributed by atoms with Crippen LogP contribution in [0.2, 0.25) is 0 Å². The van der Waals surface area contributed by atoms with Gasteiger partial charge < -0.3 is 15.2 Å². The number of anilines is 2. The lowest BCUT2D eigenvalue weighted by Gasteiger charge is -2.12. The summed E-state index contributed by atoms with van der Waals surface area (Å²) < 4.78 is 3.78. The molecule has 0 spiro atoms. The molecule has 0 fully saturated rings. The molecule has 176 valence electrons. The minimum atomic E-state index is -0.134. The zero-order valence-corrected chi connectivity index (χ0v) is 20.1. The first-order valence-electron chi connectivity index (χ1n) is 11.7. The molecule has 7 nitrogen and oxygen atoms in total. The van der Waals surface area contributed by atoms with Gasteiger partial charge in [-0.2, -0.15) is 5.10 Å². The molecule has 2 heterocycles. The number of carbonyl (C=O) groups is 1. The van der Waals surface area contributed by atoms with Gasteiger partial charge in [0.15, 0.2) is 0 Å². The van der Waals surface area contributed by atoms with Crippen LogP contribution in [0.1, 0.15) is 22.5 Å². The fourth-order valence-corrected chi connectivity index (χ4v) is 4.23. The highest BCUT2D eigenvalue weighted by molar-refractivity contribution is 5.93. The van der Waals surface area contributed by atoms with Crippen molar-refractivity contribution in [2.45, 2.75) is 33.9 Å². The van der Waals surface area contributed by atoms with E-state index in [1.54, 1.807) is 0 Å². The monoisotopic (exact) mass is 464 g/mol. The molecule has 3 aromatic carbocycles. The molecule has 2 N–H and O–H groups in total. The molecular weight excluding hydrogens is 436 g/mol. The second kappa shape index (κ2) is 9.46. The van der Waals surface area contributed by atoms with Crippen molar-refractivity contribution >= 4 is 28.6 Å². The van der Waals surface area contributed by atoms with E-state index < -0.39 is 0 Å². The summed E-state index contributed by atoms with van der Waals surface area (Å²) in [6.45, 7) is 6.68. The number of aryl methyl sites for hydroxylation is 2. The number of carbonyl (C=O) groups excluding carboxylic acids is 1. The van der Waals surface area contributed by atoms with Crippen molar-refractivity contribution in [3.8, 4) is 5.69 Å². The quantitative estimate of drug-likeness (QED) is 0.338. The lowest BCUT2D eigenvalue weighted by atomic mass is 10.2. The fourth-order valence-electron chi connectivity index (χ4n) is 4.23. The molecule has 0 radical (unpaired) electrons. The van der Waals surface area contributed by atoms with Crippen LogP contribution in [0.4, 0.5) is 11.6 Å². The highest BCUT2D eigenvalue weighted by atomic mass is 16.2. The Morgan fingerprint density at radius 2 is 1.60 bits per heavy atom. The van der Waals surface area contributed by atoms with Gasteiger partial charge in [0.05, 0.1) is 33.8 Å². The Kier molecular flexibility index (Phi) is 6.06. The molecule has 1 amide bonds. The van der Waals surface area contributed by atoms with Crippen molar-refractivity contribution in [1.29, 1.82) is 0 Å². The van der Waals surface area contributed by atoms with Gasteiger partial charge in [0.25, 0.3) is 0 Å². The van der Waals surface area contributed by atoms with Gasteiger partial charge in [0, 0.05) is 6.54 Å². The number of para-hydroxylation sites is 2. The van der Waals surface area contributed by atoms with Crippen molar-refractivity contribution in [3.05, 3.63) is 101 Å². The number of aromatic nitrogens is 4. The molecule has 2 aromatic heterocycles. The lowest BCUT2D eigenvalue weighted by molar-refractivity contribution is -0.116. The first kappa shape index (κ1) is 22.4. The van der Waals surface area contributed by atoms with Crippen molar-refractivity contribution < 1.29 is 4.79 Å². The zero-order valence-electron chi connectivity index (χ0n) is 20.1. The number of rotatable bonds is 7. The van der Waals surface area contributed by atoms with Gasteiger partial charge in [0.2, 0.25) is 11.9 Å². The molecule has 0 aliphatic rings. The van der Waals surface area contributed by atoms with Crippen LogP contribution in [0, 0.1) is 20.8 Å². The third kappa shape index (κ3) is 4.66. The van der Waals surface area contributed by atoms with E-state index in [9.17, 15) is 4.79 Å². The number of fused-ring (bicyclic) bond motifs is 1. The van der Waals surface area contributed by atoms with Crippen molar-refractivity contribution in [2.75, 3.05) is 10.6 Å². The smallest absolute Gasteiger partial charge is 0.244 e. The Morgan fingerprint density at radius 3 is 2.37 bits per heavy atom. The number of nitrogens with one attached hydrogen (secondary N) is 2. The zero-order chi connectivity index (χ0) is 24.4. The predicted molar refractivity (Wildman–Crippen MR) is 140 cm³/mol. The average molecular weight is 465 g/mol. The van der Waals surface area contributed by atoms with Crippen LogP contribution in [0.15, 0.2) is 78.9 Å². The first-order chi connectivity index (χ1) is 17.0. The van der Waals surface area contributed by atoms with Gasteiger partial charge >= 0.3 is 0 Å². The summed E-state index contributed by atoms with van der Waals surface area (Å²) in [6.07, 6.45) is 0. The Morgan fingerprint density at radius 1 is 0.886 bits per heavy atom. The highest BCUT2D eigenvalue weighted by Gasteiger charge is 2.18. The molecule has 0 saturated heterocycles. The maximum atomic E-state index is 13.2. The SMILES string of the molecule is Cc1ccc(-n2nc(C)c(NC(=O)Cn3c(NCc4ccccc4)nc4ccccc43)c2C)cc1.